The topological polar surface area (TPSA) is 78.2 Å². The molecule has 1 N–H and O–H groups in total. The SMILES string of the molecule is C[C@@H](Nc1nn(C)c(=O)c2cc(=O)n([C@@H]3CCOC[C@@H]3F)c(Br)c12)c1cccc(C(F)F)c1F. The van der Waals surface area contributed by atoms with E-state index in [0.29, 0.717) is 0 Å². The van der Waals surface area contributed by atoms with Crippen LogP contribution in [0.25, 0.3) is 10.8 Å². The average Bonchev–Trinajstić information content (AvgIpc) is 2.78. The number of alkyl halides is 3. The van der Waals surface area contributed by atoms with Crippen molar-refractivity contribution >= 4 is 32.5 Å². The van der Waals surface area contributed by atoms with Gasteiger partial charge in [-0.2, -0.15) is 5.10 Å². The molecule has 2 aromatic heterocycles. The van der Waals surface area contributed by atoms with Gasteiger partial charge >= 0.3 is 0 Å². The van der Waals surface area contributed by atoms with Gasteiger partial charge in [0.05, 0.1) is 39.6 Å². The van der Waals surface area contributed by atoms with Gasteiger partial charge in [-0.25, -0.2) is 22.2 Å². The molecule has 1 fully saturated rings. The van der Waals surface area contributed by atoms with Crippen molar-refractivity contribution < 1.29 is 22.3 Å². The smallest absolute Gasteiger partial charge is 0.274 e. The highest BCUT2D eigenvalue weighted by Gasteiger charge is 2.31. The molecule has 0 bridgehead atoms. The van der Waals surface area contributed by atoms with E-state index < -0.39 is 47.2 Å². The first-order valence-corrected chi connectivity index (χ1v) is 11.3. The molecule has 1 aromatic carbocycles. The molecule has 1 aliphatic heterocycles. The van der Waals surface area contributed by atoms with Crippen molar-refractivity contribution in [2.75, 3.05) is 18.5 Å². The Bertz CT molecular complexity index is 1360. The first kappa shape index (κ1) is 24.4. The molecule has 0 aliphatic carbocycles. The molecule has 1 saturated heterocycles. The highest BCUT2D eigenvalue weighted by atomic mass is 79.9. The van der Waals surface area contributed by atoms with Crippen molar-refractivity contribution in [3.63, 3.8) is 0 Å². The molecule has 0 amide bonds. The number of hydrogen-bond acceptors (Lipinski definition) is 5. The molecule has 3 heterocycles. The van der Waals surface area contributed by atoms with Crippen molar-refractivity contribution in [2.24, 2.45) is 7.05 Å². The number of ether oxygens (including phenoxy) is 1. The summed E-state index contributed by atoms with van der Waals surface area (Å²) in [4.78, 5) is 25.6. The summed E-state index contributed by atoms with van der Waals surface area (Å²) in [6, 6.07) is 3.15. The molecule has 0 radical (unpaired) electrons. The van der Waals surface area contributed by atoms with E-state index in [0.717, 1.165) is 16.8 Å². The molecule has 0 unspecified atom stereocenters. The lowest BCUT2D eigenvalue weighted by atomic mass is 10.0. The minimum Gasteiger partial charge on any atom is -0.378 e. The lowest BCUT2D eigenvalue weighted by molar-refractivity contribution is 0.00187. The molecule has 4 rings (SSSR count). The van der Waals surface area contributed by atoms with Gasteiger partial charge in [-0.3, -0.25) is 14.2 Å². The number of nitrogens with one attached hydrogen (secondary N) is 1. The van der Waals surface area contributed by atoms with Gasteiger partial charge in [0, 0.05) is 25.3 Å². The number of halogens is 5. The third-order valence-corrected chi connectivity index (χ3v) is 6.68. The van der Waals surface area contributed by atoms with Gasteiger partial charge in [-0.1, -0.05) is 18.2 Å². The van der Waals surface area contributed by atoms with Crippen LogP contribution in [-0.2, 0) is 11.8 Å². The summed E-state index contributed by atoms with van der Waals surface area (Å²) in [5, 5.41) is 7.38. The number of hydrogen-bond donors (Lipinski definition) is 1. The predicted molar refractivity (Wildman–Crippen MR) is 122 cm³/mol. The Hall–Kier alpha value is -2.73. The number of fused-ring (bicyclic) bond motifs is 1. The van der Waals surface area contributed by atoms with Crippen molar-refractivity contribution in [1.82, 2.24) is 14.3 Å². The first-order valence-electron chi connectivity index (χ1n) is 10.5. The van der Waals surface area contributed by atoms with Crippen LogP contribution in [0, 0.1) is 5.82 Å². The predicted octanol–water partition coefficient (Wildman–Crippen LogP) is 4.41. The van der Waals surface area contributed by atoms with E-state index in [-0.39, 0.29) is 46.4 Å². The number of nitrogens with zero attached hydrogens (tertiary/aromatic N) is 3. The average molecular weight is 545 g/mol. The fraction of sp³-hybridized carbons (Fsp3) is 0.409. The Morgan fingerprint density at radius 1 is 1.26 bits per heavy atom. The minimum atomic E-state index is -2.99. The zero-order chi connectivity index (χ0) is 24.7. The third kappa shape index (κ3) is 4.24. The van der Waals surface area contributed by atoms with Crippen LogP contribution < -0.4 is 16.4 Å². The fourth-order valence-corrected chi connectivity index (χ4v) is 4.99. The molecule has 7 nitrogen and oxygen atoms in total. The lowest BCUT2D eigenvalue weighted by Gasteiger charge is -2.29. The second-order valence-corrected chi connectivity index (χ2v) is 8.82. The molecule has 3 aromatic rings. The van der Waals surface area contributed by atoms with Crippen LogP contribution in [0.1, 0.15) is 43.0 Å². The number of aromatic nitrogens is 3. The summed E-state index contributed by atoms with van der Waals surface area (Å²) in [6.07, 6.45) is -4.18. The summed E-state index contributed by atoms with van der Waals surface area (Å²) in [5.74, 6) is -0.959. The molecule has 182 valence electrons. The monoisotopic (exact) mass is 544 g/mol. The van der Waals surface area contributed by atoms with Gasteiger partial charge in [0.2, 0.25) is 0 Å². The quantitative estimate of drug-likeness (QED) is 0.380. The molecule has 1 aliphatic rings. The van der Waals surface area contributed by atoms with E-state index >= 15 is 0 Å². The number of benzene rings is 1. The van der Waals surface area contributed by atoms with Crippen molar-refractivity contribution in [3.8, 4) is 0 Å². The molecule has 0 spiro atoms. The highest BCUT2D eigenvalue weighted by molar-refractivity contribution is 9.10. The Morgan fingerprint density at radius 2 is 1.97 bits per heavy atom. The van der Waals surface area contributed by atoms with E-state index in [2.05, 4.69) is 26.3 Å². The molecular formula is C22H21BrF4N4O3. The largest absolute Gasteiger partial charge is 0.378 e. The van der Waals surface area contributed by atoms with E-state index in [9.17, 15) is 27.2 Å². The lowest BCUT2D eigenvalue weighted by Crippen LogP contribution is -2.38. The maximum Gasteiger partial charge on any atom is 0.274 e. The Kier molecular flexibility index (Phi) is 6.81. The highest BCUT2D eigenvalue weighted by Crippen LogP contribution is 2.34. The Balaban J connectivity index is 1.87. The zero-order valence-corrected chi connectivity index (χ0v) is 19.8. The van der Waals surface area contributed by atoms with E-state index in [1.807, 2.05) is 0 Å². The summed E-state index contributed by atoms with van der Waals surface area (Å²) < 4.78 is 63.1. The van der Waals surface area contributed by atoms with E-state index in [1.54, 1.807) is 6.92 Å². The normalized spacial score (nSPS) is 19.5. The fourth-order valence-electron chi connectivity index (χ4n) is 4.15. The van der Waals surface area contributed by atoms with Crippen LogP contribution in [0.4, 0.5) is 23.4 Å². The summed E-state index contributed by atoms with van der Waals surface area (Å²) >= 11 is 3.35. The molecular weight excluding hydrogens is 524 g/mol. The summed E-state index contributed by atoms with van der Waals surface area (Å²) in [6.45, 7) is 1.64. The summed E-state index contributed by atoms with van der Waals surface area (Å²) in [7, 11) is 1.38. The second kappa shape index (κ2) is 9.49. The van der Waals surface area contributed by atoms with Crippen LogP contribution in [0.3, 0.4) is 0 Å². The zero-order valence-electron chi connectivity index (χ0n) is 18.2. The van der Waals surface area contributed by atoms with Crippen LogP contribution >= 0.6 is 15.9 Å². The molecule has 0 saturated carbocycles. The van der Waals surface area contributed by atoms with Gasteiger partial charge in [0.1, 0.15) is 12.0 Å². The Labute approximate surface area is 199 Å². The standard InChI is InChI=1S/C22H21BrF4N4O3/c1-10(11-4-3-5-12(18(11)25)20(26)27)28-21-17-13(22(33)30(2)29-21)8-16(32)31(19(17)23)15-6-7-34-9-14(15)24/h3-5,8,10,14-15,20H,6-7,9H2,1-2H3,(H,28,29)/t10-,14+,15-/m1/s1. The maximum absolute atomic E-state index is 14.7. The molecule has 3 atom stereocenters. The second-order valence-electron chi connectivity index (χ2n) is 8.07. The minimum absolute atomic E-state index is 0.0181. The van der Waals surface area contributed by atoms with Gasteiger partial charge in [-0.15, -0.1) is 0 Å². The number of anilines is 1. The maximum atomic E-state index is 14.7. The van der Waals surface area contributed by atoms with Gasteiger partial charge in [0.15, 0.2) is 5.82 Å². The first-order chi connectivity index (χ1) is 16.1. The van der Waals surface area contributed by atoms with Gasteiger partial charge in [0.25, 0.3) is 17.5 Å². The molecule has 12 heteroatoms. The number of aryl methyl sites for hydroxylation is 1. The van der Waals surface area contributed by atoms with Crippen molar-refractivity contribution in [1.29, 1.82) is 0 Å². The molecule has 34 heavy (non-hydrogen) atoms. The van der Waals surface area contributed by atoms with Crippen LogP contribution in [0.5, 0.6) is 0 Å². The van der Waals surface area contributed by atoms with Gasteiger partial charge in [-0.05, 0) is 29.3 Å². The number of rotatable bonds is 5. The summed E-state index contributed by atoms with van der Waals surface area (Å²) in [5.41, 5.74) is -1.90. The van der Waals surface area contributed by atoms with E-state index in [1.165, 1.54) is 23.7 Å². The third-order valence-electron chi connectivity index (χ3n) is 5.90. The van der Waals surface area contributed by atoms with Gasteiger partial charge < -0.3 is 10.1 Å². The number of pyridine rings is 1. The Morgan fingerprint density at radius 3 is 2.65 bits per heavy atom. The van der Waals surface area contributed by atoms with Crippen molar-refractivity contribution in [2.45, 2.75) is 38.0 Å². The van der Waals surface area contributed by atoms with E-state index in [4.69, 9.17) is 4.74 Å². The van der Waals surface area contributed by atoms with Crippen LogP contribution in [0.15, 0.2) is 38.5 Å². The van der Waals surface area contributed by atoms with Crippen LogP contribution in [-0.4, -0.2) is 33.7 Å². The van der Waals surface area contributed by atoms with Crippen molar-refractivity contribution in [3.05, 3.63) is 66.5 Å². The van der Waals surface area contributed by atoms with Crippen LogP contribution in [0.2, 0.25) is 0 Å².